The van der Waals surface area contributed by atoms with E-state index in [-0.39, 0.29) is 5.91 Å². The molecule has 8 heteroatoms. The van der Waals surface area contributed by atoms with Crippen molar-refractivity contribution in [2.24, 2.45) is 0 Å². The highest BCUT2D eigenvalue weighted by Crippen LogP contribution is 2.19. The van der Waals surface area contributed by atoms with Crippen LogP contribution < -0.4 is 5.32 Å². The van der Waals surface area contributed by atoms with Gasteiger partial charge in [0, 0.05) is 18.3 Å². The van der Waals surface area contributed by atoms with Gasteiger partial charge < -0.3 is 5.32 Å². The highest BCUT2D eigenvalue weighted by Gasteiger charge is 2.11. The first kappa shape index (κ1) is 18.5. The van der Waals surface area contributed by atoms with Crippen LogP contribution in [0.4, 0.5) is 5.69 Å². The molecule has 0 fully saturated rings. The van der Waals surface area contributed by atoms with Crippen molar-refractivity contribution < 1.29 is 4.79 Å². The largest absolute Gasteiger partial charge is 0.326 e. The molecule has 2 heterocycles. The summed E-state index contributed by atoms with van der Waals surface area (Å²) in [4.78, 5) is 12.2. The molecule has 0 atom stereocenters. The fourth-order valence-electron chi connectivity index (χ4n) is 2.68. The monoisotopic (exact) mass is 391 g/mol. The summed E-state index contributed by atoms with van der Waals surface area (Å²) in [6.45, 7) is 4.81. The molecule has 0 aliphatic rings. The van der Waals surface area contributed by atoms with Gasteiger partial charge in [0.1, 0.15) is 0 Å². The number of carbonyl (C=O) groups is 1. The topological polar surface area (TPSA) is 64.7 Å². The summed E-state index contributed by atoms with van der Waals surface area (Å²) in [5.74, 6) is -0.0760. The first-order valence-corrected chi connectivity index (χ1v) is 8.94. The summed E-state index contributed by atoms with van der Waals surface area (Å²) in [6.07, 6.45) is 3.67. The van der Waals surface area contributed by atoms with E-state index in [4.69, 9.17) is 23.2 Å². The van der Waals surface area contributed by atoms with E-state index in [0.29, 0.717) is 29.6 Å². The average molecular weight is 392 g/mol. The SMILES string of the molecule is Cc1nn(CCC(=O)Nc2cccc(Cn3cc(Cl)cn3)c2)c(C)c1Cl. The zero-order chi connectivity index (χ0) is 18.7. The van der Waals surface area contributed by atoms with Crippen LogP contribution in [0, 0.1) is 13.8 Å². The van der Waals surface area contributed by atoms with Crippen LogP contribution in [0.1, 0.15) is 23.4 Å². The average Bonchev–Trinajstić information content (AvgIpc) is 3.11. The highest BCUT2D eigenvalue weighted by atomic mass is 35.5. The van der Waals surface area contributed by atoms with Crippen LogP contribution in [0.3, 0.4) is 0 Å². The standard InChI is InChI=1S/C18H19Cl2N5O/c1-12-18(20)13(2)25(23-12)7-6-17(26)22-16-5-3-4-14(8-16)10-24-11-15(19)9-21-24/h3-5,8-9,11H,6-7,10H2,1-2H3,(H,22,26). The Balaban J connectivity index is 1.58. The van der Waals surface area contributed by atoms with Crippen molar-refractivity contribution in [2.75, 3.05) is 5.32 Å². The predicted octanol–water partition coefficient (Wildman–Crippen LogP) is 4.08. The van der Waals surface area contributed by atoms with Crippen molar-refractivity contribution in [3.05, 3.63) is 63.7 Å². The molecule has 0 spiro atoms. The van der Waals surface area contributed by atoms with E-state index in [1.165, 1.54) is 0 Å². The molecule has 3 rings (SSSR count). The number of nitrogens with zero attached hydrogens (tertiary/aromatic N) is 4. The van der Waals surface area contributed by atoms with Gasteiger partial charge in [0.25, 0.3) is 0 Å². The molecule has 136 valence electrons. The van der Waals surface area contributed by atoms with Crippen LogP contribution in [0.25, 0.3) is 0 Å². The van der Waals surface area contributed by atoms with Gasteiger partial charge in [-0.05, 0) is 31.5 Å². The summed E-state index contributed by atoms with van der Waals surface area (Å²) >= 11 is 12.0. The Morgan fingerprint density at radius 3 is 2.73 bits per heavy atom. The fraction of sp³-hybridized carbons (Fsp3) is 0.278. The van der Waals surface area contributed by atoms with Crippen LogP contribution in [0.5, 0.6) is 0 Å². The molecule has 0 saturated heterocycles. The lowest BCUT2D eigenvalue weighted by Crippen LogP contribution is -2.15. The van der Waals surface area contributed by atoms with Crippen molar-refractivity contribution in [1.29, 1.82) is 0 Å². The Kier molecular flexibility index (Phi) is 5.64. The first-order valence-electron chi connectivity index (χ1n) is 8.18. The minimum Gasteiger partial charge on any atom is -0.326 e. The normalized spacial score (nSPS) is 10.9. The lowest BCUT2D eigenvalue weighted by molar-refractivity contribution is -0.116. The van der Waals surface area contributed by atoms with Crippen LogP contribution in [0.15, 0.2) is 36.7 Å². The molecule has 0 aliphatic heterocycles. The molecule has 0 bridgehead atoms. The molecule has 1 aromatic carbocycles. The molecule has 1 amide bonds. The lowest BCUT2D eigenvalue weighted by atomic mass is 10.2. The summed E-state index contributed by atoms with van der Waals surface area (Å²) in [5.41, 5.74) is 3.41. The zero-order valence-electron chi connectivity index (χ0n) is 14.5. The number of hydrogen-bond donors (Lipinski definition) is 1. The second kappa shape index (κ2) is 7.93. The number of benzene rings is 1. The van der Waals surface area contributed by atoms with Gasteiger partial charge in [-0.25, -0.2) is 0 Å². The number of hydrogen-bond acceptors (Lipinski definition) is 3. The van der Waals surface area contributed by atoms with E-state index >= 15 is 0 Å². The predicted molar refractivity (Wildman–Crippen MR) is 103 cm³/mol. The molecular formula is C18H19Cl2N5O. The highest BCUT2D eigenvalue weighted by molar-refractivity contribution is 6.31. The molecule has 0 saturated carbocycles. The maximum Gasteiger partial charge on any atom is 0.226 e. The van der Waals surface area contributed by atoms with Crippen LogP contribution >= 0.6 is 23.2 Å². The van der Waals surface area contributed by atoms with E-state index in [1.54, 1.807) is 21.8 Å². The van der Waals surface area contributed by atoms with Crippen molar-refractivity contribution in [1.82, 2.24) is 19.6 Å². The van der Waals surface area contributed by atoms with Crippen molar-refractivity contribution in [3.8, 4) is 0 Å². The summed E-state index contributed by atoms with van der Waals surface area (Å²) in [5, 5.41) is 12.7. The second-order valence-corrected chi connectivity index (χ2v) is 6.88. The van der Waals surface area contributed by atoms with Gasteiger partial charge in [-0.15, -0.1) is 0 Å². The molecule has 2 aromatic heterocycles. The maximum absolute atomic E-state index is 12.2. The minimum absolute atomic E-state index is 0.0760. The molecule has 3 aromatic rings. The molecule has 1 N–H and O–H groups in total. The van der Waals surface area contributed by atoms with Crippen molar-refractivity contribution >= 4 is 34.8 Å². The van der Waals surface area contributed by atoms with Gasteiger partial charge in [-0.3, -0.25) is 14.2 Å². The Bertz CT molecular complexity index is 932. The quantitative estimate of drug-likeness (QED) is 0.688. The Morgan fingerprint density at radius 2 is 2.08 bits per heavy atom. The minimum atomic E-state index is -0.0760. The van der Waals surface area contributed by atoms with Gasteiger partial charge in [0.15, 0.2) is 0 Å². The van der Waals surface area contributed by atoms with E-state index in [1.807, 2.05) is 38.1 Å². The molecule has 26 heavy (non-hydrogen) atoms. The van der Waals surface area contributed by atoms with Crippen molar-refractivity contribution in [3.63, 3.8) is 0 Å². The number of aromatic nitrogens is 4. The van der Waals surface area contributed by atoms with E-state index in [2.05, 4.69) is 15.5 Å². The Hall–Kier alpha value is -2.31. The summed E-state index contributed by atoms with van der Waals surface area (Å²) in [7, 11) is 0. The molecule has 0 radical (unpaired) electrons. The smallest absolute Gasteiger partial charge is 0.226 e. The zero-order valence-corrected chi connectivity index (χ0v) is 16.1. The maximum atomic E-state index is 12.2. The number of carbonyl (C=O) groups excluding carboxylic acids is 1. The third kappa shape index (κ3) is 4.45. The summed E-state index contributed by atoms with van der Waals surface area (Å²) < 4.78 is 3.50. The van der Waals surface area contributed by atoms with Gasteiger partial charge in [-0.2, -0.15) is 10.2 Å². The van der Waals surface area contributed by atoms with Gasteiger partial charge in [0.05, 0.1) is 40.7 Å². The van der Waals surface area contributed by atoms with E-state index in [0.717, 1.165) is 22.6 Å². The van der Waals surface area contributed by atoms with Gasteiger partial charge in [0.2, 0.25) is 5.91 Å². The number of anilines is 1. The molecular weight excluding hydrogens is 373 g/mol. The van der Waals surface area contributed by atoms with Crippen LogP contribution in [-0.4, -0.2) is 25.5 Å². The van der Waals surface area contributed by atoms with Gasteiger partial charge >= 0.3 is 0 Å². The molecule has 0 aliphatic carbocycles. The number of amides is 1. The number of halogens is 2. The van der Waals surface area contributed by atoms with Gasteiger partial charge in [-0.1, -0.05) is 35.3 Å². The third-order valence-electron chi connectivity index (χ3n) is 4.00. The molecule has 6 nitrogen and oxygen atoms in total. The van der Waals surface area contributed by atoms with E-state index in [9.17, 15) is 4.79 Å². The Labute approximate surface area is 161 Å². The number of rotatable bonds is 6. The number of nitrogens with one attached hydrogen (secondary N) is 1. The third-order valence-corrected chi connectivity index (χ3v) is 4.74. The van der Waals surface area contributed by atoms with Crippen LogP contribution in [0.2, 0.25) is 10.0 Å². The second-order valence-electron chi connectivity index (χ2n) is 6.06. The van der Waals surface area contributed by atoms with E-state index < -0.39 is 0 Å². The summed E-state index contributed by atoms with van der Waals surface area (Å²) in [6, 6.07) is 7.66. The lowest BCUT2D eigenvalue weighted by Gasteiger charge is -2.09. The fourth-order valence-corrected chi connectivity index (χ4v) is 2.97. The van der Waals surface area contributed by atoms with Crippen molar-refractivity contribution in [2.45, 2.75) is 33.4 Å². The Morgan fingerprint density at radius 1 is 1.27 bits per heavy atom. The number of aryl methyl sites for hydroxylation is 2. The van der Waals surface area contributed by atoms with Crippen LogP contribution in [-0.2, 0) is 17.9 Å². The molecule has 0 unspecified atom stereocenters. The first-order chi connectivity index (χ1) is 12.4.